The molecule has 0 aliphatic rings. The summed E-state index contributed by atoms with van der Waals surface area (Å²) < 4.78 is 5.29. The van der Waals surface area contributed by atoms with Crippen molar-refractivity contribution >= 4 is 29.0 Å². The molecular formula is C19H20N6O3. The molecule has 0 spiro atoms. The van der Waals surface area contributed by atoms with Gasteiger partial charge in [-0.2, -0.15) is 4.98 Å². The second-order valence-electron chi connectivity index (χ2n) is 6.33. The van der Waals surface area contributed by atoms with Gasteiger partial charge < -0.3 is 25.6 Å². The van der Waals surface area contributed by atoms with Crippen LogP contribution in [0.15, 0.2) is 47.0 Å². The zero-order chi connectivity index (χ0) is 20.3. The summed E-state index contributed by atoms with van der Waals surface area (Å²) in [5, 5.41) is 23.8. The Morgan fingerprint density at radius 1 is 1.29 bits per heavy atom. The minimum atomic E-state index is -1.33. The first-order valence-electron chi connectivity index (χ1n) is 8.41. The Morgan fingerprint density at radius 3 is 2.75 bits per heavy atom. The number of aliphatic carboxylic acids is 1. The van der Waals surface area contributed by atoms with Crippen LogP contribution in [0.25, 0.3) is 11.5 Å². The molecule has 0 saturated carbocycles. The maximum absolute atomic E-state index is 11.0. The van der Waals surface area contributed by atoms with Crippen LogP contribution in [0.4, 0.5) is 17.3 Å². The van der Waals surface area contributed by atoms with Crippen LogP contribution in [-0.2, 0) is 11.3 Å². The van der Waals surface area contributed by atoms with Gasteiger partial charge in [-0.15, -0.1) is 0 Å². The number of carbonyl (C=O) groups is 1. The first kappa shape index (κ1) is 18.9. The Kier molecular flexibility index (Phi) is 5.25. The van der Waals surface area contributed by atoms with Crippen molar-refractivity contribution in [2.45, 2.75) is 6.54 Å². The first-order valence-corrected chi connectivity index (χ1v) is 8.41. The summed E-state index contributed by atoms with van der Waals surface area (Å²) in [5.74, 6) is -0.405. The second-order valence-corrected chi connectivity index (χ2v) is 6.33. The molecule has 1 heterocycles. The lowest BCUT2D eigenvalue weighted by Crippen LogP contribution is -2.15. The maximum atomic E-state index is 11.0. The second kappa shape index (κ2) is 7.78. The number of hydrogen-bond acceptors (Lipinski definition) is 8. The van der Waals surface area contributed by atoms with Crippen LogP contribution in [0.3, 0.4) is 0 Å². The van der Waals surface area contributed by atoms with Gasteiger partial charge in [-0.25, -0.2) is 4.79 Å². The van der Waals surface area contributed by atoms with Crippen LogP contribution in [0.5, 0.6) is 0 Å². The average molecular weight is 380 g/mol. The number of rotatable bonds is 7. The van der Waals surface area contributed by atoms with Crippen LogP contribution in [0.2, 0.25) is 0 Å². The lowest BCUT2D eigenvalue weighted by atomic mass is 10.1. The summed E-state index contributed by atoms with van der Waals surface area (Å²) in [7, 11) is 3.67. The number of hydrogen-bond donors (Lipinski definition) is 4. The maximum Gasteiger partial charge on any atom is 0.354 e. The number of carboxylic acids is 1. The molecule has 2 aromatic carbocycles. The highest BCUT2D eigenvalue weighted by molar-refractivity contribution is 6.42. The third-order valence-corrected chi connectivity index (χ3v) is 4.02. The zero-order valence-electron chi connectivity index (χ0n) is 15.4. The van der Waals surface area contributed by atoms with Crippen molar-refractivity contribution in [1.82, 2.24) is 10.1 Å². The Morgan fingerprint density at radius 2 is 2.07 bits per heavy atom. The van der Waals surface area contributed by atoms with E-state index in [1.165, 1.54) is 0 Å². The van der Waals surface area contributed by atoms with E-state index in [4.69, 9.17) is 20.8 Å². The molecule has 9 heteroatoms. The molecular weight excluding hydrogens is 360 g/mol. The molecule has 3 rings (SSSR count). The van der Waals surface area contributed by atoms with E-state index in [0.29, 0.717) is 24.1 Å². The predicted molar refractivity (Wildman–Crippen MR) is 107 cm³/mol. The lowest BCUT2D eigenvalue weighted by Gasteiger charge is -2.10. The summed E-state index contributed by atoms with van der Waals surface area (Å²) in [6.45, 7) is 0.478. The number of benzene rings is 2. The minimum absolute atomic E-state index is 0.174. The zero-order valence-corrected chi connectivity index (χ0v) is 15.4. The van der Waals surface area contributed by atoms with Crippen LogP contribution >= 0.6 is 0 Å². The molecule has 3 aromatic rings. The van der Waals surface area contributed by atoms with Crippen molar-refractivity contribution < 1.29 is 14.4 Å². The van der Waals surface area contributed by atoms with Gasteiger partial charge in [-0.1, -0.05) is 12.1 Å². The van der Waals surface area contributed by atoms with Crippen molar-refractivity contribution in [2.24, 2.45) is 0 Å². The number of carboxylic acid groups (broad SMARTS) is 1. The van der Waals surface area contributed by atoms with Crippen molar-refractivity contribution in [2.75, 3.05) is 30.0 Å². The van der Waals surface area contributed by atoms with E-state index in [9.17, 15) is 4.79 Å². The smallest absolute Gasteiger partial charge is 0.354 e. The lowest BCUT2D eigenvalue weighted by molar-refractivity contribution is -0.129. The van der Waals surface area contributed by atoms with Gasteiger partial charge in [0, 0.05) is 43.1 Å². The molecule has 1 aromatic heterocycles. The summed E-state index contributed by atoms with van der Waals surface area (Å²) in [6, 6.07) is 12.5. The predicted octanol–water partition coefficient (Wildman–Crippen LogP) is 2.45. The fraction of sp³-hybridized carbons (Fsp3) is 0.158. The molecule has 0 fully saturated rings. The van der Waals surface area contributed by atoms with Crippen molar-refractivity contribution in [3.63, 3.8) is 0 Å². The Balaban J connectivity index is 1.75. The summed E-state index contributed by atoms with van der Waals surface area (Å²) >= 11 is 0. The first-order chi connectivity index (χ1) is 13.3. The van der Waals surface area contributed by atoms with E-state index in [2.05, 4.69) is 15.5 Å². The van der Waals surface area contributed by atoms with Crippen molar-refractivity contribution in [3.8, 4) is 11.5 Å². The Labute approximate surface area is 161 Å². The molecule has 28 heavy (non-hydrogen) atoms. The van der Waals surface area contributed by atoms with E-state index >= 15 is 0 Å². The fourth-order valence-electron chi connectivity index (χ4n) is 2.53. The molecule has 0 amide bonds. The number of anilines is 3. The van der Waals surface area contributed by atoms with Crippen LogP contribution < -0.4 is 16.0 Å². The minimum Gasteiger partial charge on any atom is -0.477 e. The third kappa shape index (κ3) is 4.09. The summed E-state index contributed by atoms with van der Waals surface area (Å²) in [6.07, 6.45) is 0. The SMILES string of the molecule is CN(C)c1noc(-c2cccc(CNc3ccc(N)c(C(=N)C(=O)O)c3)c2)n1. The Bertz CT molecular complexity index is 1030. The average Bonchev–Trinajstić information content (AvgIpc) is 3.17. The number of nitrogens with two attached hydrogens (primary N) is 1. The quantitative estimate of drug-likeness (QED) is 0.362. The van der Waals surface area contributed by atoms with E-state index in [0.717, 1.165) is 11.1 Å². The van der Waals surface area contributed by atoms with Gasteiger partial charge in [0.15, 0.2) is 0 Å². The van der Waals surface area contributed by atoms with Crippen molar-refractivity contribution in [3.05, 3.63) is 53.6 Å². The topological polar surface area (TPSA) is 141 Å². The van der Waals surface area contributed by atoms with Gasteiger partial charge in [0.2, 0.25) is 0 Å². The number of nitrogens with one attached hydrogen (secondary N) is 2. The van der Waals surface area contributed by atoms with Crippen molar-refractivity contribution in [1.29, 1.82) is 5.41 Å². The van der Waals surface area contributed by atoms with E-state index in [1.54, 1.807) is 23.1 Å². The van der Waals surface area contributed by atoms with Gasteiger partial charge >= 0.3 is 5.97 Å². The molecule has 0 unspecified atom stereocenters. The van der Waals surface area contributed by atoms with Crippen LogP contribution in [0.1, 0.15) is 11.1 Å². The van der Waals surface area contributed by atoms with E-state index < -0.39 is 11.7 Å². The van der Waals surface area contributed by atoms with Gasteiger partial charge in [0.25, 0.3) is 11.8 Å². The van der Waals surface area contributed by atoms with Gasteiger partial charge in [0.05, 0.1) is 0 Å². The van der Waals surface area contributed by atoms with E-state index in [-0.39, 0.29) is 11.3 Å². The highest BCUT2D eigenvalue weighted by Crippen LogP contribution is 2.22. The number of nitrogens with zero attached hydrogens (tertiary/aromatic N) is 3. The highest BCUT2D eigenvalue weighted by Gasteiger charge is 2.14. The van der Waals surface area contributed by atoms with Crippen LogP contribution in [0, 0.1) is 5.41 Å². The molecule has 0 bridgehead atoms. The number of aromatic nitrogens is 2. The summed E-state index contributed by atoms with van der Waals surface area (Å²) in [5.41, 5.74) is 8.08. The monoisotopic (exact) mass is 380 g/mol. The molecule has 0 aliphatic heterocycles. The molecule has 9 nitrogen and oxygen atoms in total. The highest BCUT2D eigenvalue weighted by atomic mass is 16.5. The van der Waals surface area contributed by atoms with E-state index in [1.807, 2.05) is 38.4 Å². The Hall–Kier alpha value is -3.88. The standard InChI is InChI=1S/C19H20N6O3/c1-25(2)19-23-17(28-24-19)12-5-3-4-11(8-12)10-22-13-6-7-15(20)14(9-13)16(21)18(26)27/h3-9,21-22H,10,20H2,1-2H3,(H,26,27). The third-order valence-electron chi connectivity index (χ3n) is 4.02. The van der Waals surface area contributed by atoms with Gasteiger partial charge in [-0.3, -0.25) is 5.41 Å². The summed E-state index contributed by atoms with van der Waals surface area (Å²) in [4.78, 5) is 17.1. The number of nitrogen functional groups attached to an aromatic ring is 1. The molecule has 5 N–H and O–H groups in total. The fourth-order valence-corrected chi connectivity index (χ4v) is 2.53. The van der Waals surface area contributed by atoms with Gasteiger partial charge in [-0.05, 0) is 41.1 Å². The van der Waals surface area contributed by atoms with Gasteiger partial charge in [0.1, 0.15) is 5.71 Å². The molecule has 0 radical (unpaired) electrons. The van der Waals surface area contributed by atoms with Crippen LogP contribution in [-0.4, -0.2) is 41.0 Å². The molecule has 0 aliphatic carbocycles. The normalized spacial score (nSPS) is 10.5. The molecule has 144 valence electrons. The largest absolute Gasteiger partial charge is 0.477 e. The molecule has 0 atom stereocenters. The molecule has 0 saturated heterocycles.